The van der Waals surface area contributed by atoms with Gasteiger partial charge in [0, 0.05) is 28.5 Å². The van der Waals surface area contributed by atoms with Gasteiger partial charge in [-0.15, -0.1) is 6.58 Å². The van der Waals surface area contributed by atoms with Gasteiger partial charge in [-0.2, -0.15) is 9.78 Å². The number of nitrogens with zero attached hydrogens (tertiary/aromatic N) is 4. The van der Waals surface area contributed by atoms with Crippen molar-refractivity contribution in [3.05, 3.63) is 90.6 Å². The highest BCUT2D eigenvalue weighted by atomic mass is 35.5. The van der Waals surface area contributed by atoms with E-state index in [-0.39, 0.29) is 18.9 Å². The first-order valence-electron chi connectivity index (χ1n) is 15.5. The topological polar surface area (TPSA) is 116 Å². The van der Waals surface area contributed by atoms with Crippen LogP contribution in [0, 0.1) is 5.92 Å². The van der Waals surface area contributed by atoms with Crippen LogP contribution in [-0.2, 0) is 9.53 Å². The van der Waals surface area contributed by atoms with Crippen molar-refractivity contribution in [3.8, 4) is 5.88 Å². The Balaban J connectivity index is 1.19. The van der Waals surface area contributed by atoms with E-state index in [0.717, 1.165) is 21.7 Å². The molecule has 2 amide bonds. The Morgan fingerprint density at radius 2 is 1.72 bits per heavy atom. The van der Waals surface area contributed by atoms with Gasteiger partial charge in [0.1, 0.15) is 23.3 Å². The molecule has 1 saturated heterocycles. The minimum absolute atomic E-state index is 0.0873. The van der Waals surface area contributed by atoms with E-state index >= 15 is 0 Å². The number of fused-ring (bicyclic) bond motifs is 4. The van der Waals surface area contributed by atoms with Crippen molar-refractivity contribution in [3.63, 3.8) is 0 Å². The summed E-state index contributed by atoms with van der Waals surface area (Å²) in [5.74, 6) is -0.812. The summed E-state index contributed by atoms with van der Waals surface area (Å²) in [5, 5.41) is 11.2. The number of hydrogen-bond acceptors (Lipinski definition) is 7. The number of nitrogens with one attached hydrogen (secondary N) is 1. The van der Waals surface area contributed by atoms with Crippen LogP contribution in [0.1, 0.15) is 38.4 Å². The Morgan fingerprint density at radius 3 is 2.45 bits per heavy atom. The zero-order valence-corrected chi connectivity index (χ0v) is 27.0. The SMILES string of the molecule is C=C[C@H]1C[C@@]1(NC(=O)[C@@H]1C[C@@H](Oc2nc3ccccc3c3ccccc23)CN1C(=O)OC(C)(C)C)C(=O)n1ncc2c(Cl)cccc21. The Bertz CT molecular complexity index is 2090. The van der Waals surface area contributed by atoms with Crippen LogP contribution in [0.5, 0.6) is 5.88 Å². The molecule has 10 nitrogen and oxygen atoms in total. The number of ether oxygens (including phenoxy) is 2. The third-order valence-corrected chi connectivity index (χ3v) is 9.15. The minimum atomic E-state index is -1.28. The lowest BCUT2D eigenvalue weighted by Gasteiger charge is -2.29. The number of hydrogen-bond donors (Lipinski definition) is 1. The molecule has 11 heteroatoms. The third kappa shape index (κ3) is 5.46. The maximum atomic E-state index is 14.2. The summed E-state index contributed by atoms with van der Waals surface area (Å²) in [4.78, 5) is 47.9. The zero-order chi connectivity index (χ0) is 33.1. The molecule has 1 aliphatic carbocycles. The summed E-state index contributed by atoms with van der Waals surface area (Å²) in [5.41, 5.74) is -0.772. The Hall–Kier alpha value is -4.96. The van der Waals surface area contributed by atoms with Crippen molar-refractivity contribution >= 4 is 62.1 Å². The summed E-state index contributed by atoms with van der Waals surface area (Å²) in [7, 11) is 0. The lowest BCUT2D eigenvalue weighted by atomic mass is 10.1. The first-order valence-corrected chi connectivity index (χ1v) is 15.9. The van der Waals surface area contributed by atoms with Crippen LogP contribution in [-0.4, -0.2) is 67.4 Å². The van der Waals surface area contributed by atoms with Crippen LogP contribution in [0.15, 0.2) is 85.6 Å². The number of para-hydroxylation sites is 1. The maximum Gasteiger partial charge on any atom is 0.411 e. The molecule has 0 bridgehead atoms. The number of likely N-dealkylation sites (tertiary alicyclic amines) is 1. The lowest BCUT2D eigenvalue weighted by molar-refractivity contribution is -0.126. The first-order chi connectivity index (χ1) is 22.5. The molecule has 2 aliphatic rings. The van der Waals surface area contributed by atoms with Crippen molar-refractivity contribution in [1.29, 1.82) is 0 Å². The highest BCUT2D eigenvalue weighted by Gasteiger charge is 2.61. The fourth-order valence-corrected chi connectivity index (χ4v) is 6.68. The van der Waals surface area contributed by atoms with Gasteiger partial charge in [0.2, 0.25) is 11.8 Å². The molecule has 1 saturated carbocycles. The second-order valence-electron chi connectivity index (χ2n) is 13.1. The summed E-state index contributed by atoms with van der Waals surface area (Å²) < 4.78 is 13.5. The fourth-order valence-electron chi connectivity index (χ4n) is 6.46. The molecule has 7 rings (SSSR count). The van der Waals surface area contributed by atoms with Crippen molar-refractivity contribution in [2.45, 2.75) is 56.9 Å². The predicted molar refractivity (Wildman–Crippen MR) is 180 cm³/mol. The molecule has 0 unspecified atom stereocenters. The summed E-state index contributed by atoms with van der Waals surface area (Å²) >= 11 is 6.34. The van der Waals surface area contributed by atoms with Crippen LogP contribution in [0.4, 0.5) is 4.79 Å². The molecule has 5 aromatic rings. The van der Waals surface area contributed by atoms with Gasteiger partial charge < -0.3 is 14.8 Å². The monoisotopic (exact) mass is 651 g/mol. The molecule has 3 aromatic carbocycles. The van der Waals surface area contributed by atoms with E-state index in [2.05, 4.69) is 17.0 Å². The normalized spacial score (nSPS) is 22.4. The fraction of sp³-hybridized carbons (Fsp3) is 0.306. The number of carbonyl (C=O) groups excluding carboxylic acids is 3. The molecular formula is C36H34ClN5O5. The molecule has 240 valence electrons. The standard InChI is InChI=1S/C36H34ClN5O5/c1-5-21-18-36(21,33(44)42-29-16-10-14-27(37)26(29)19-38-42)40-31(43)30-17-22(20-41(30)34(45)47-35(2,3)4)46-32-25-13-7-6-11-23(25)24-12-8-9-15-28(24)39-32/h5-16,19,21-22,30H,1,17-18,20H2,2-4H3,(H,40,43)/t21-,22+,30-,36-/m0/s1. The molecule has 1 N–H and O–H groups in total. The van der Waals surface area contributed by atoms with Crippen molar-refractivity contribution in [2.24, 2.45) is 5.92 Å². The van der Waals surface area contributed by atoms with Crippen molar-refractivity contribution in [1.82, 2.24) is 25.0 Å². The second kappa shape index (κ2) is 11.4. The van der Waals surface area contributed by atoms with Gasteiger partial charge in [-0.3, -0.25) is 14.5 Å². The average Bonchev–Trinajstić information content (AvgIpc) is 3.35. The lowest BCUT2D eigenvalue weighted by Crippen LogP contribution is -2.54. The Kier molecular flexibility index (Phi) is 7.43. The summed E-state index contributed by atoms with van der Waals surface area (Å²) in [6, 6.07) is 19.9. The Morgan fingerprint density at radius 1 is 1.00 bits per heavy atom. The van der Waals surface area contributed by atoms with Crippen LogP contribution in [0.25, 0.3) is 32.6 Å². The van der Waals surface area contributed by atoms with Gasteiger partial charge in [-0.25, -0.2) is 9.78 Å². The molecule has 47 heavy (non-hydrogen) atoms. The molecular weight excluding hydrogens is 618 g/mol. The first kappa shape index (κ1) is 30.7. The summed E-state index contributed by atoms with van der Waals surface area (Å²) in [6.07, 6.45) is 2.47. The van der Waals surface area contributed by atoms with E-state index in [0.29, 0.717) is 28.2 Å². The van der Waals surface area contributed by atoms with E-state index < -0.39 is 41.2 Å². The minimum Gasteiger partial charge on any atom is -0.472 e. The van der Waals surface area contributed by atoms with Crippen molar-refractivity contribution < 1.29 is 23.9 Å². The predicted octanol–water partition coefficient (Wildman–Crippen LogP) is 6.55. The van der Waals surface area contributed by atoms with Gasteiger partial charge in [0.15, 0.2) is 0 Å². The van der Waals surface area contributed by atoms with Crippen LogP contribution in [0.2, 0.25) is 5.02 Å². The number of benzene rings is 3. The van der Waals surface area contributed by atoms with Gasteiger partial charge in [0.25, 0.3) is 5.91 Å². The Labute approximate surface area is 276 Å². The van der Waals surface area contributed by atoms with Gasteiger partial charge >= 0.3 is 6.09 Å². The number of aromatic nitrogens is 3. The smallest absolute Gasteiger partial charge is 0.411 e. The number of pyridine rings is 1. The molecule has 0 spiro atoms. The van der Waals surface area contributed by atoms with E-state index in [9.17, 15) is 14.4 Å². The molecule has 4 atom stereocenters. The quantitative estimate of drug-likeness (QED) is 0.164. The molecule has 2 aromatic heterocycles. The van der Waals surface area contributed by atoms with E-state index in [1.807, 2.05) is 48.5 Å². The zero-order valence-electron chi connectivity index (χ0n) is 26.3. The number of carbonyl (C=O) groups is 3. The number of rotatable bonds is 6. The van der Waals surface area contributed by atoms with E-state index in [1.165, 1.54) is 15.8 Å². The van der Waals surface area contributed by atoms with Crippen LogP contribution >= 0.6 is 11.6 Å². The molecule has 2 fully saturated rings. The maximum absolute atomic E-state index is 14.2. The van der Waals surface area contributed by atoms with Crippen molar-refractivity contribution in [2.75, 3.05) is 6.54 Å². The summed E-state index contributed by atoms with van der Waals surface area (Å²) in [6.45, 7) is 9.27. The van der Waals surface area contributed by atoms with Gasteiger partial charge in [0.05, 0.1) is 28.8 Å². The highest BCUT2D eigenvalue weighted by molar-refractivity contribution is 6.35. The largest absolute Gasteiger partial charge is 0.472 e. The van der Waals surface area contributed by atoms with Gasteiger partial charge in [-0.1, -0.05) is 60.1 Å². The molecule has 0 radical (unpaired) electrons. The average molecular weight is 652 g/mol. The second-order valence-corrected chi connectivity index (χ2v) is 13.6. The number of amides is 2. The third-order valence-electron chi connectivity index (χ3n) is 8.83. The number of halogens is 1. The highest BCUT2D eigenvalue weighted by Crippen LogP contribution is 2.46. The molecule has 1 aliphatic heterocycles. The van der Waals surface area contributed by atoms with Crippen LogP contribution in [0.3, 0.4) is 0 Å². The molecule has 3 heterocycles. The van der Waals surface area contributed by atoms with E-state index in [4.69, 9.17) is 26.1 Å². The van der Waals surface area contributed by atoms with Crippen LogP contribution < -0.4 is 10.1 Å². The van der Waals surface area contributed by atoms with E-state index in [1.54, 1.807) is 45.0 Å². The van der Waals surface area contributed by atoms with Gasteiger partial charge in [-0.05, 0) is 56.8 Å².